The fraction of sp³-hybridized carbons (Fsp3) is 0.636. The van der Waals surface area contributed by atoms with Gasteiger partial charge in [0.2, 0.25) is 0 Å². The van der Waals surface area contributed by atoms with Crippen LogP contribution in [0.25, 0.3) is 0 Å². The van der Waals surface area contributed by atoms with Crippen LogP contribution in [-0.2, 0) is 0 Å². The molecule has 0 radical (unpaired) electrons. The lowest BCUT2D eigenvalue weighted by molar-refractivity contribution is 0.168. The van der Waals surface area contributed by atoms with Crippen LogP contribution in [-0.4, -0.2) is 29.4 Å². The van der Waals surface area contributed by atoms with Crippen molar-refractivity contribution in [3.63, 3.8) is 0 Å². The van der Waals surface area contributed by atoms with Crippen molar-refractivity contribution in [2.24, 2.45) is 0 Å². The van der Waals surface area contributed by atoms with Crippen LogP contribution in [0.2, 0.25) is 0 Å². The van der Waals surface area contributed by atoms with Crippen molar-refractivity contribution in [1.29, 1.82) is 0 Å². The van der Waals surface area contributed by atoms with Gasteiger partial charge in [-0.2, -0.15) is 0 Å². The Balaban J connectivity index is 2.29. The normalized spacial score (nSPS) is 15.1. The monoisotopic (exact) mass is 229 g/mol. The Bertz CT molecular complexity index is 251. The van der Waals surface area contributed by atoms with Crippen molar-refractivity contribution in [3.05, 3.63) is 22.4 Å². The number of aliphatic hydroxyl groups is 2. The average Bonchev–Trinajstić information content (AvgIpc) is 2.77. The Morgan fingerprint density at radius 3 is 2.87 bits per heavy atom. The minimum absolute atomic E-state index is 0.195. The molecule has 0 bridgehead atoms. The van der Waals surface area contributed by atoms with Crippen molar-refractivity contribution in [3.8, 4) is 0 Å². The molecular weight excluding hydrogens is 210 g/mol. The lowest BCUT2D eigenvalue weighted by Gasteiger charge is -2.17. The van der Waals surface area contributed by atoms with Gasteiger partial charge in [0.25, 0.3) is 0 Å². The molecule has 3 nitrogen and oxygen atoms in total. The number of rotatable bonds is 7. The summed E-state index contributed by atoms with van der Waals surface area (Å²) in [7, 11) is 0. The van der Waals surface area contributed by atoms with E-state index in [4.69, 9.17) is 5.11 Å². The molecule has 0 fully saturated rings. The van der Waals surface area contributed by atoms with E-state index in [-0.39, 0.29) is 6.61 Å². The van der Waals surface area contributed by atoms with Crippen molar-refractivity contribution in [2.75, 3.05) is 13.2 Å². The smallest absolute Gasteiger partial charge is 0.101 e. The Hall–Kier alpha value is -0.420. The van der Waals surface area contributed by atoms with E-state index in [1.165, 1.54) is 0 Å². The van der Waals surface area contributed by atoms with Crippen LogP contribution in [0.15, 0.2) is 17.5 Å². The highest BCUT2D eigenvalue weighted by Crippen LogP contribution is 2.18. The molecule has 15 heavy (non-hydrogen) atoms. The number of nitrogens with one attached hydrogen (secondary N) is 1. The summed E-state index contributed by atoms with van der Waals surface area (Å²) >= 11 is 1.56. The first-order valence-electron chi connectivity index (χ1n) is 5.33. The molecule has 1 rings (SSSR count). The Morgan fingerprint density at radius 1 is 1.53 bits per heavy atom. The molecule has 3 N–H and O–H groups in total. The molecule has 0 saturated carbocycles. The standard InChI is InChI=1S/C11H19NO2S/c1-2-9(5-6-13)12-8-10(14)11-4-3-7-15-11/h3-4,7,9-10,12-14H,2,5-6,8H2,1H3. The van der Waals surface area contributed by atoms with E-state index in [0.29, 0.717) is 12.6 Å². The Morgan fingerprint density at radius 2 is 2.33 bits per heavy atom. The number of hydrogen-bond acceptors (Lipinski definition) is 4. The quantitative estimate of drug-likeness (QED) is 0.664. The maximum atomic E-state index is 9.81. The lowest BCUT2D eigenvalue weighted by Crippen LogP contribution is -2.32. The second kappa shape index (κ2) is 6.95. The molecule has 0 aliphatic rings. The van der Waals surface area contributed by atoms with E-state index < -0.39 is 6.10 Å². The highest BCUT2D eigenvalue weighted by molar-refractivity contribution is 7.10. The van der Waals surface area contributed by atoms with Crippen LogP contribution in [0.4, 0.5) is 0 Å². The Labute approximate surface area is 94.8 Å². The van der Waals surface area contributed by atoms with Gasteiger partial charge in [-0.1, -0.05) is 13.0 Å². The molecule has 86 valence electrons. The molecule has 2 atom stereocenters. The highest BCUT2D eigenvalue weighted by atomic mass is 32.1. The molecule has 0 spiro atoms. The van der Waals surface area contributed by atoms with Crippen molar-refractivity contribution in [1.82, 2.24) is 5.32 Å². The molecule has 0 aromatic carbocycles. The molecule has 0 saturated heterocycles. The van der Waals surface area contributed by atoms with Crippen LogP contribution in [0, 0.1) is 0 Å². The third kappa shape index (κ3) is 4.30. The molecule has 1 heterocycles. The summed E-state index contributed by atoms with van der Waals surface area (Å²) < 4.78 is 0. The van der Waals surface area contributed by atoms with Gasteiger partial charge in [-0.05, 0) is 24.3 Å². The van der Waals surface area contributed by atoms with Crippen LogP contribution in [0.5, 0.6) is 0 Å². The maximum absolute atomic E-state index is 9.81. The largest absolute Gasteiger partial charge is 0.396 e. The van der Waals surface area contributed by atoms with Crippen LogP contribution >= 0.6 is 11.3 Å². The van der Waals surface area contributed by atoms with Gasteiger partial charge >= 0.3 is 0 Å². The molecule has 1 aromatic heterocycles. The SMILES string of the molecule is CCC(CCO)NCC(O)c1cccs1. The first kappa shape index (κ1) is 12.6. The molecule has 2 unspecified atom stereocenters. The first-order chi connectivity index (χ1) is 7.27. The number of aliphatic hydroxyl groups excluding tert-OH is 2. The van der Waals surface area contributed by atoms with Gasteiger partial charge in [-0.15, -0.1) is 11.3 Å². The fourth-order valence-corrected chi connectivity index (χ4v) is 2.18. The van der Waals surface area contributed by atoms with Crippen LogP contribution in [0.3, 0.4) is 0 Å². The fourth-order valence-electron chi connectivity index (χ4n) is 1.47. The van der Waals surface area contributed by atoms with Gasteiger partial charge in [-0.3, -0.25) is 0 Å². The molecule has 4 heteroatoms. The van der Waals surface area contributed by atoms with Crippen LogP contribution in [0.1, 0.15) is 30.7 Å². The van der Waals surface area contributed by atoms with Gasteiger partial charge in [0.15, 0.2) is 0 Å². The minimum atomic E-state index is -0.433. The van der Waals surface area contributed by atoms with E-state index in [1.807, 2.05) is 17.5 Å². The summed E-state index contributed by atoms with van der Waals surface area (Å²) in [4.78, 5) is 0.987. The Kier molecular flexibility index (Phi) is 5.86. The average molecular weight is 229 g/mol. The predicted molar refractivity (Wildman–Crippen MR) is 63.1 cm³/mol. The minimum Gasteiger partial charge on any atom is -0.396 e. The highest BCUT2D eigenvalue weighted by Gasteiger charge is 2.11. The molecular formula is C11H19NO2S. The van der Waals surface area contributed by atoms with Gasteiger partial charge in [0.05, 0.1) is 0 Å². The van der Waals surface area contributed by atoms with Crippen molar-refractivity contribution < 1.29 is 10.2 Å². The van der Waals surface area contributed by atoms with E-state index >= 15 is 0 Å². The van der Waals surface area contributed by atoms with Gasteiger partial charge < -0.3 is 15.5 Å². The predicted octanol–water partition coefficient (Wildman–Crippen LogP) is 1.53. The summed E-state index contributed by atoms with van der Waals surface area (Å²) in [6, 6.07) is 4.17. The topological polar surface area (TPSA) is 52.5 Å². The molecule has 0 aliphatic carbocycles. The zero-order chi connectivity index (χ0) is 11.1. The number of hydrogen-bond donors (Lipinski definition) is 3. The third-order valence-corrected chi connectivity index (χ3v) is 3.42. The third-order valence-electron chi connectivity index (χ3n) is 2.44. The second-order valence-electron chi connectivity index (χ2n) is 3.56. The number of thiophene rings is 1. The first-order valence-corrected chi connectivity index (χ1v) is 6.21. The van der Waals surface area contributed by atoms with Gasteiger partial charge in [0.1, 0.15) is 6.10 Å². The summed E-state index contributed by atoms with van der Waals surface area (Å²) in [5, 5.41) is 23.8. The van der Waals surface area contributed by atoms with Gasteiger partial charge in [0, 0.05) is 24.1 Å². The zero-order valence-electron chi connectivity index (χ0n) is 9.02. The van der Waals surface area contributed by atoms with Crippen molar-refractivity contribution in [2.45, 2.75) is 31.9 Å². The molecule has 0 amide bonds. The second-order valence-corrected chi connectivity index (χ2v) is 4.54. The summed E-state index contributed by atoms with van der Waals surface area (Å²) in [6.45, 7) is 2.82. The summed E-state index contributed by atoms with van der Waals surface area (Å²) in [5.74, 6) is 0. The molecule has 1 aromatic rings. The molecule has 0 aliphatic heterocycles. The van der Waals surface area contributed by atoms with E-state index in [9.17, 15) is 5.11 Å². The zero-order valence-corrected chi connectivity index (χ0v) is 9.83. The van der Waals surface area contributed by atoms with E-state index in [0.717, 1.165) is 17.7 Å². The lowest BCUT2D eigenvalue weighted by atomic mass is 10.1. The van der Waals surface area contributed by atoms with E-state index in [2.05, 4.69) is 12.2 Å². The maximum Gasteiger partial charge on any atom is 0.101 e. The van der Waals surface area contributed by atoms with Crippen LogP contribution < -0.4 is 5.32 Å². The van der Waals surface area contributed by atoms with E-state index in [1.54, 1.807) is 11.3 Å². The summed E-state index contributed by atoms with van der Waals surface area (Å²) in [5.41, 5.74) is 0. The summed E-state index contributed by atoms with van der Waals surface area (Å²) in [6.07, 6.45) is 1.28. The van der Waals surface area contributed by atoms with Crippen molar-refractivity contribution >= 4 is 11.3 Å². The van der Waals surface area contributed by atoms with Gasteiger partial charge in [-0.25, -0.2) is 0 Å².